The van der Waals surface area contributed by atoms with Crippen molar-refractivity contribution in [3.8, 4) is 11.5 Å². The number of carbonyl (C=O) groups excluding carboxylic acids is 1. The van der Waals surface area contributed by atoms with E-state index in [-0.39, 0.29) is 12.3 Å². The van der Waals surface area contributed by atoms with Crippen molar-refractivity contribution in [3.05, 3.63) is 51.6 Å². The smallest absolute Gasteiger partial charge is 0.228 e. The lowest BCUT2D eigenvalue weighted by molar-refractivity contribution is -0.115. The van der Waals surface area contributed by atoms with E-state index in [1.54, 1.807) is 20.3 Å². The molecule has 0 aromatic heterocycles. The monoisotopic (exact) mass is 397 g/mol. The number of hydrogen-bond donors (Lipinski definition) is 1. The van der Waals surface area contributed by atoms with Crippen LogP contribution in [0.3, 0.4) is 0 Å². The molecule has 1 N–H and O–H groups in total. The Morgan fingerprint density at radius 2 is 1.71 bits per heavy atom. The molecule has 0 aliphatic heterocycles. The fraction of sp³-hybridized carbons (Fsp3) is 0.188. The van der Waals surface area contributed by atoms with Crippen molar-refractivity contribution in [2.24, 2.45) is 0 Å². The predicted molar refractivity (Wildman–Crippen MR) is 91.0 cm³/mol. The topological polar surface area (TPSA) is 47.6 Å². The minimum Gasteiger partial charge on any atom is -0.493 e. The summed E-state index contributed by atoms with van der Waals surface area (Å²) in [7, 11) is 3.16. The van der Waals surface area contributed by atoms with E-state index in [1.165, 1.54) is 0 Å². The molecule has 2 rings (SSSR count). The van der Waals surface area contributed by atoms with Crippen LogP contribution in [0.15, 0.2) is 42.5 Å². The zero-order chi connectivity index (χ0) is 15.2. The zero-order valence-corrected chi connectivity index (χ0v) is 14.0. The molecule has 0 fully saturated rings. The van der Waals surface area contributed by atoms with Crippen LogP contribution in [-0.2, 0) is 11.2 Å². The standard InChI is InChI=1S/C16H16INO3/c1-20-14-8-3-11(9-15(14)21-2)10-16(19)18-13-6-4-12(17)5-7-13/h3-9H,10H2,1-2H3,(H,18,19). The minimum absolute atomic E-state index is 0.0663. The SMILES string of the molecule is COc1ccc(CC(=O)Nc2ccc(I)cc2)cc1OC. The Bertz CT molecular complexity index is 626. The van der Waals surface area contributed by atoms with Crippen LogP contribution in [0.1, 0.15) is 5.56 Å². The molecule has 2 aromatic rings. The van der Waals surface area contributed by atoms with Crippen LogP contribution in [-0.4, -0.2) is 20.1 Å². The summed E-state index contributed by atoms with van der Waals surface area (Å²) in [5.74, 6) is 1.21. The van der Waals surface area contributed by atoms with Gasteiger partial charge in [-0.3, -0.25) is 4.79 Å². The van der Waals surface area contributed by atoms with Gasteiger partial charge in [0, 0.05) is 9.26 Å². The van der Waals surface area contributed by atoms with Crippen molar-refractivity contribution in [2.75, 3.05) is 19.5 Å². The number of rotatable bonds is 5. The van der Waals surface area contributed by atoms with Crippen LogP contribution in [0.4, 0.5) is 5.69 Å². The molecule has 0 aliphatic rings. The molecule has 0 bridgehead atoms. The summed E-state index contributed by atoms with van der Waals surface area (Å²) in [5, 5.41) is 2.87. The Kier molecular flexibility index (Phi) is 5.44. The summed E-state index contributed by atoms with van der Waals surface area (Å²) in [5.41, 5.74) is 1.66. The maximum absolute atomic E-state index is 12.0. The number of anilines is 1. The molecule has 1 amide bonds. The van der Waals surface area contributed by atoms with Crippen LogP contribution in [0.25, 0.3) is 0 Å². The molecule has 0 saturated heterocycles. The van der Waals surface area contributed by atoms with Crippen LogP contribution < -0.4 is 14.8 Å². The molecule has 21 heavy (non-hydrogen) atoms. The van der Waals surface area contributed by atoms with Crippen molar-refractivity contribution in [3.63, 3.8) is 0 Å². The molecule has 4 nitrogen and oxygen atoms in total. The molecular formula is C16H16INO3. The van der Waals surface area contributed by atoms with Gasteiger partial charge in [-0.05, 0) is 64.6 Å². The largest absolute Gasteiger partial charge is 0.493 e. The van der Waals surface area contributed by atoms with Crippen molar-refractivity contribution >= 4 is 34.2 Å². The second-order valence-corrected chi connectivity index (χ2v) is 5.67. The number of hydrogen-bond acceptors (Lipinski definition) is 3. The normalized spacial score (nSPS) is 10.0. The summed E-state index contributed by atoms with van der Waals surface area (Å²) >= 11 is 2.22. The summed E-state index contributed by atoms with van der Waals surface area (Å²) < 4.78 is 11.5. The van der Waals surface area contributed by atoms with Gasteiger partial charge in [0.25, 0.3) is 0 Å². The highest BCUT2D eigenvalue weighted by molar-refractivity contribution is 14.1. The first-order valence-corrected chi connectivity index (χ1v) is 7.46. The zero-order valence-electron chi connectivity index (χ0n) is 11.9. The number of halogens is 1. The molecule has 2 aromatic carbocycles. The Labute approximate surface area is 137 Å². The number of amides is 1. The van der Waals surface area contributed by atoms with Gasteiger partial charge < -0.3 is 14.8 Å². The molecule has 0 spiro atoms. The third-order valence-electron chi connectivity index (χ3n) is 2.94. The fourth-order valence-electron chi connectivity index (χ4n) is 1.91. The van der Waals surface area contributed by atoms with Gasteiger partial charge in [-0.15, -0.1) is 0 Å². The molecular weight excluding hydrogens is 381 g/mol. The molecule has 0 saturated carbocycles. The van der Waals surface area contributed by atoms with Gasteiger partial charge in [-0.2, -0.15) is 0 Å². The molecule has 5 heteroatoms. The summed E-state index contributed by atoms with van der Waals surface area (Å²) in [6, 6.07) is 13.1. The molecule has 0 atom stereocenters. The second-order valence-electron chi connectivity index (χ2n) is 4.42. The Balaban J connectivity index is 2.04. The number of carbonyl (C=O) groups is 1. The van der Waals surface area contributed by atoms with E-state index in [0.29, 0.717) is 11.5 Å². The number of methoxy groups -OCH3 is 2. The number of nitrogens with one attached hydrogen (secondary N) is 1. The third kappa shape index (κ3) is 4.35. The average molecular weight is 397 g/mol. The van der Waals surface area contributed by atoms with Gasteiger partial charge in [0.05, 0.1) is 20.6 Å². The molecule has 0 radical (unpaired) electrons. The van der Waals surface area contributed by atoms with Crippen LogP contribution in [0.2, 0.25) is 0 Å². The maximum Gasteiger partial charge on any atom is 0.228 e. The summed E-state index contributed by atoms with van der Waals surface area (Å²) in [4.78, 5) is 12.0. The highest BCUT2D eigenvalue weighted by atomic mass is 127. The molecule has 110 valence electrons. The van der Waals surface area contributed by atoms with Crippen molar-refractivity contribution in [1.82, 2.24) is 0 Å². The van der Waals surface area contributed by atoms with Crippen molar-refractivity contribution < 1.29 is 14.3 Å². The molecule has 0 heterocycles. The van der Waals surface area contributed by atoms with E-state index in [2.05, 4.69) is 27.9 Å². The van der Waals surface area contributed by atoms with E-state index >= 15 is 0 Å². The van der Waals surface area contributed by atoms with Gasteiger partial charge in [-0.25, -0.2) is 0 Å². The van der Waals surface area contributed by atoms with E-state index in [4.69, 9.17) is 9.47 Å². The number of ether oxygens (including phenoxy) is 2. The average Bonchev–Trinajstić information content (AvgIpc) is 2.49. The highest BCUT2D eigenvalue weighted by Crippen LogP contribution is 2.27. The minimum atomic E-state index is -0.0663. The van der Waals surface area contributed by atoms with Gasteiger partial charge in [0.1, 0.15) is 0 Å². The van der Waals surface area contributed by atoms with E-state index in [1.807, 2.05) is 36.4 Å². The summed E-state index contributed by atoms with van der Waals surface area (Å²) in [6.07, 6.45) is 0.284. The van der Waals surface area contributed by atoms with Gasteiger partial charge in [0.15, 0.2) is 11.5 Å². The van der Waals surface area contributed by atoms with E-state index in [9.17, 15) is 4.79 Å². The van der Waals surface area contributed by atoms with Crippen molar-refractivity contribution in [1.29, 1.82) is 0 Å². The molecule has 0 unspecified atom stereocenters. The van der Waals surface area contributed by atoms with Gasteiger partial charge in [-0.1, -0.05) is 6.07 Å². The second kappa shape index (κ2) is 7.31. The first kappa shape index (κ1) is 15.6. The lowest BCUT2D eigenvalue weighted by atomic mass is 10.1. The Morgan fingerprint density at radius 1 is 1.05 bits per heavy atom. The quantitative estimate of drug-likeness (QED) is 0.786. The maximum atomic E-state index is 12.0. The van der Waals surface area contributed by atoms with Gasteiger partial charge >= 0.3 is 0 Å². The third-order valence-corrected chi connectivity index (χ3v) is 3.66. The van der Waals surface area contributed by atoms with Gasteiger partial charge in [0.2, 0.25) is 5.91 Å². The lowest BCUT2D eigenvalue weighted by Gasteiger charge is -2.10. The summed E-state index contributed by atoms with van der Waals surface area (Å²) in [6.45, 7) is 0. The molecule has 0 aliphatic carbocycles. The first-order chi connectivity index (χ1) is 10.1. The van der Waals surface area contributed by atoms with Crippen LogP contribution in [0.5, 0.6) is 11.5 Å². The highest BCUT2D eigenvalue weighted by Gasteiger charge is 2.08. The Morgan fingerprint density at radius 3 is 2.33 bits per heavy atom. The van der Waals surface area contributed by atoms with Crippen LogP contribution in [0, 0.1) is 3.57 Å². The lowest BCUT2D eigenvalue weighted by Crippen LogP contribution is -2.14. The number of benzene rings is 2. The fourth-order valence-corrected chi connectivity index (χ4v) is 2.27. The van der Waals surface area contributed by atoms with E-state index in [0.717, 1.165) is 14.8 Å². The first-order valence-electron chi connectivity index (χ1n) is 6.38. The Hall–Kier alpha value is -1.76. The van der Waals surface area contributed by atoms with E-state index < -0.39 is 0 Å². The van der Waals surface area contributed by atoms with Crippen molar-refractivity contribution in [2.45, 2.75) is 6.42 Å². The van der Waals surface area contributed by atoms with Crippen LogP contribution >= 0.6 is 22.6 Å². The predicted octanol–water partition coefficient (Wildman–Crippen LogP) is 3.49.